The highest BCUT2D eigenvalue weighted by Gasteiger charge is 2.54. The monoisotopic (exact) mass is 591 g/mol. The molecule has 2 aromatic carbocycles. The second-order valence-electron chi connectivity index (χ2n) is 12.8. The van der Waals surface area contributed by atoms with Crippen LogP contribution < -0.4 is 14.4 Å². The summed E-state index contributed by atoms with van der Waals surface area (Å²) in [6, 6.07) is 16.9. The van der Waals surface area contributed by atoms with Crippen molar-refractivity contribution < 1.29 is 18.7 Å². The van der Waals surface area contributed by atoms with Gasteiger partial charge in [0.15, 0.2) is 17.6 Å². The Labute approximate surface area is 256 Å². The normalized spacial score (nSPS) is 18.9. The van der Waals surface area contributed by atoms with Crippen molar-refractivity contribution in [3.05, 3.63) is 77.8 Å². The van der Waals surface area contributed by atoms with Crippen LogP contribution in [-0.2, 0) is 6.54 Å². The van der Waals surface area contributed by atoms with E-state index >= 15 is 0 Å². The number of fused-ring (bicyclic) bond motifs is 2. The van der Waals surface area contributed by atoms with Gasteiger partial charge < -0.3 is 23.8 Å². The third kappa shape index (κ3) is 4.90. The smallest absolute Gasteiger partial charge is 0.176 e. The average molecular weight is 592 g/mol. The van der Waals surface area contributed by atoms with Crippen molar-refractivity contribution in [1.29, 1.82) is 0 Å². The van der Waals surface area contributed by atoms with Crippen molar-refractivity contribution in [3.8, 4) is 17.2 Å². The van der Waals surface area contributed by atoms with E-state index in [0.717, 1.165) is 91.3 Å². The molecule has 2 aliphatic heterocycles. The van der Waals surface area contributed by atoms with Crippen LogP contribution in [0.5, 0.6) is 17.2 Å². The maximum absolute atomic E-state index is 11.8. The summed E-state index contributed by atoms with van der Waals surface area (Å²) in [6.45, 7) is 9.41. The van der Waals surface area contributed by atoms with Crippen LogP contribution in [0.25, 0.3) is 22.0 Å². The van der Waals surface area contributed by atoms with Crippen molar-refractivity contribution in [2.24, 2.45) is 5.41 Å². The van der Waals surface area contributed by atoms with Crippen LogP contribution in [0.15, 0.2) is 65.3 Å². The Morgan fingerprint density at radius 1 is 1.02 bits per heavy atom. The van der Waals surface area contributed by atoms with Crippen molar-refractivity contribution >= 4 is 34.0 Å². The molecular formula is C35H37N5O4. The van der Waals surface area contributed by atoms with Crippen LogP contribution in [-0.4, -0.2) is 78.5 Å². The SMILES string of the molecule is COc1cc(CN2CCN(C3CC4(C3)CN(c3ccc(C=O)c(Oc5cnc6[nH]ccc6c5)c3)C4)CC2)cc2cc(C)oc12. The zero-order chi connectivity index (χ0) is 29.8. The number of ether oxygens (including phenoxy) is 2. The van der Waals surface area contributed by atoms with Gasteiger partial charge in [0.2, 0.25) is 0 Å². The van der Waals surface area contributed by atoms with Crippen molar-refractivity contribution in [3.63, 3.8) is 0 Å². The molecule has 9 heteroatoms. The number of rotatable bonds is 8. The number of carbonyl (C=O) groups is 1. The van der Waals surface area contributed by atoms with Crippen LogP contribution in [0.1, 0.15) is 34.5 Å². The quantitative estimate of drug-likeness (QED) is 0.219. The number of aldehydes is 1. The van der Waals surface area contributed by atoms with Gasteiger partial charge in [0.05, 0.1) is 18.9 Å². The standard InChI is InChI=1S/C35H37N5O4/c1-23-11-27-12-24(13-32(42-2)33(27)43-23)19-38-7-9-39(10-8-38)29-16-35(17-29)21-40(22-35)28-4-3-26(20-41)31(15-28)44-30-14-25-5-6-36-34(25)37-18-30/h3-6,11-15,18,20,29H,7-10,16-17,19,21-22H2,1-2H3,(H,36,37). The molecule has 0 radical (unpaired) electrons. The molecule has 8 rings (SSSR count). The third-order valence-corrected chi connectivity index (χ3v) is 9.80. The number of piperazine rings is 1. The predicted molar refractivity (Wildman–Crippen MR) is 170 cm³/mol. The number of methoxy groups -OCH3 is 1. The Morgan fingerprint density at radius 3 is 2.66 bits per heavy atom. The number of H-pyrrole nitrogens is 1. The zero-order valence-corrected chi connectivity index (χ0v) is 25.2. The van der Waals surface area contributed by atoms with Gasteiger partial charge in [-0.2, -0.15) is 0 Å². The first-order valence-corrected chi connectivity index (χ1v) is 15.5. The van der Waals surface area contributed by atoms with E-state index in [0.29, 0.717) is 28.5 Å². The van der Waals surface area contributed by atoms with Gasteiger partial charge in [-0.25, -0.2) is 4.98 Å². The average Bonchev–Trinajstić information content (AvgIpc) is 3.61. The molecule has 226 valence electrons. The van der Waals surface area contributed by atoms with Gasteiger partial charge in [-0.05, 0) is 67.8 Å². The van der Waals surface area contributed by atoms with Gasteiger partial charge in [0.25, 0.3) is 0 Å². The van der Waals surface area contributed by atoms with E-state index in [-0.39, 0.29) is 0 Å². The molecule has 5 heterocycles. The van der Waals surface area contributed by atoms with Crippen molar-refractivity contribution in [2.75, 3.05) is 51.3 Å². The van der Waals surface area contributed by atoms with Gasteiger partial charge in [-0.15, -0.1) is 0 Å². The maximum Gasteiger partial charge on any atom is 0.176 e. The van der Waals surface area contributed by atoms with E-state index in [1.54, 1.807) is 13.3 Å². The number of furan rings is 1. The summed E-state index contributed by atoms with van der Waals surface area (Å²) in [5.41, 5.74) is 4.97. The highest BCUT2D eigenvalue weighted by molar-refractivity contribution is 5.85. The Kier molecular flexibility index (Phi) is 6.61. The largest absolute Gasteiger partial charge is 0.493 e. The maximum atomic E-state index is 11.8. The second-order valence-corrected chi connectivity index (χ2v) is 12.8. The van der Waals surface area contributed by atoms with E-state index in [1.807, 2.05) is 43.5 Å². The molecule has 44 heavy (non-hydrogen) atoms. The first-order valence-electron chi connectivity index (χ1n) is 15.5. The number of nitrogens with zero attached hydrogens (tertiary/aromatic N) is 4. The number of nitrogens with one attached hydrogen (secondary N) is 1. The third-order valence-electron chi connectivity index (χ3n) is 9.80. The minimum Gasteiger partial charge on any atom is -0.493 e. The first-order chi connectivity index (χ1) is 21.5. The van der Waals surface area contributed by atoms with Crippen LogP contribution in [0.2, 0.25) is 0 Å². The van der Waals surface area contributed by atoms with E-state index in [4.69, 9.17) is 13.9 Å². The van der Waals surface area contributed by atoms with Crippen molar-refractivity contribution in [1.82, 2.24) is 19.8 Å². The lowest BCUT2D eigenvalue weighted by atomic mass is 9.60. The van der Waals surface area contributed by atoms with E-state index < -0.39 is 0 Å². The number of aromatic amines is 1. The van der Waals surface area contributed by atoms with E-state index in [2.05, 4.69) is 42.9 Å². The number of aryl methyl sites for hydroxylation is 1. The molecular weight excluding hydrogens is 554 g/mol. The van der Waals surface area contributed by atoms with Gasteiger partial charge >= 0.3 is 0 Å². The number of hydrogen-bond acceptors (Lipinski definition) is 8. The van der Waals surface area contributed by atoms with E-state index in [9.17, 15) is 4.79 Å². The topological polar surface area (TPSA) is 87.1 Å². The van der Waals surface area contributed by atoms with Gasteiger partial charge in [-0.3, -0.25) is 14.6 Å². The molecule has 0 atom stereocenters. The summed E-state index contributed by atoms with van der Waals surface area (Å²) in [5.74, 6) is 2.91. The minimum atomic E-state index is 0.407. The Morgan fingerprint density at radius 2 is 1.86 bits per heavy atom. The lowest BCUT2D eigenvalue weighted by Crippen LogP contribution is -2.68. The van der Waals surface area contributed by atoms with E-state index in [1.165, 1.54) is 18.4 Å². The summed E-state index contributed by atoms with van der Waals surface area (Å²) < 4.78 is 17.6. The summed E-state index contributed by atoms with van der Waals surface area (Å²) in [7, 11) is 1.71. The number of pyridine rings is 1. The number of benzene rings is 2. The number of aromatic nitrogens is 2. The highest BCUT2D eigenvalue weighted by atomic mass is 16.5. The lowest BCUT2D eigenvalue weighted by molar-refractivity contribution is -0.0380. The molecule has 1 saturated carbocycles. The molecule has 1 spiro atoms. The van der Waals surface area contributed by atoms with Crippen LogP contribution >= 0.6 is 0 Å². The second kappa shape index (κ2) is 10.7. The molecule has 0 bridgehead atoms. The summed E-state index contributed by atoms with van der Waals surface area (Å²) >= 11 is 0. The fourth-order valence-corrected chi connectivity index (χ4v) is 7.51. The number of carbonyl (C=O) groups excluding carboxylic acids is 1. The highest BCUT2D eigenvalue weighted by Crippen LogP contribution is 2.52. The van der Waals surface area contributed by atoms with Crippen LogP contribution in [0, 0.1) is 12.3 Å². The number of hydrogen-bond donors (Lipinski definition) is 1. The molecule has 3 aromatic heterocycles. The molecule has 9 nitrogen and oxygen atoms in total. The zero-order valence-electron chi connectivity index (χ0n) is 25.2. The molecule has 3 fully saturated rings. The molecule has 0 unspecified atom stereocenters. The summed E-state index contributed by atoms with van der Waals surface area (Å²) in [4.78, 5) is 26.9. The fraction of sp³-hybridized carbons (Fsp3) is 0.371. The minimum absolute atomic E-state index is 0.407. The Balaban J connectivity index is 0.846. The molecule has 0 amide bonds. The predicted octanol–water partition coefficient (Wildman–Crippen LogP) is 6.02. The Bertz CT molecular complexity index is 1840. The lowest BCUT2D eigenvalue weighted by Gasteiger charge is -2.62. The van der Waals surface area contributed by atoms with Gasteiger partial charge in [-0.1, -0.05) is 0 Å². The summed E-state index contributed by atoms with van der Waals surface area (Å²) in [5, 5.41) is 2.08. The van der Waals surface area contributed by atoms with Gasteiger partial charge in [0.1, 0.15) is 22.9 Å². The van der Waals surface area contributed by atoms with Gasteiger partial charge in [0, 0.05) is 86.0 Å². The molecule has 1 N–H and O–H groups in total. The van der Waals surface area contributed by atoms with Crippen molar-refractivity contribution in [2.45, 2.75) is 32.4 Å². The fourth-order valence-electron chi connectivity index (χ4n) is 7.51. The molecule has 1 aliphatic carbocycles. The first kappa shape index (κ1) is 27.2. The summed E-state index contributed by atoms with van der Waals surface area (Å²) in [6.07, 6.45) is 6.91. The van der Waals surface area contributed by atoms with Crippen LogP contribution in [0.3, 0.4) is 0 Å². The molecule has 2 saturated heterocycles. The molecule has 5 aromatic rings. The molecule has 3 aliphatic rings. The number of anilines is 1. The Hall–Kier alpha value is -4.34. The van der Waals surface area contributed by atoms with Crippen LogP contribution in [0.4, 0.5) is 5.69 Å².